The fraction of sp³-hybridized carbons (Fsp3) is 0.538. The summed E-state index contributed by atoms with van der Waals surface area (Å²) < 4.78 is 31.3. The number of benzene rings is 1. The van der Waals surface area contributed by atoms with Crippen molar-refractivity contribution in [3.8, 4) is 0 Å². The quantitative estimate of drug-likeness (QED) is 0.881. The van der Waals surface area contributed by atoms with Gasteiger partial charge in [0.2, 0.25) is 0 Å². The molecule has 0 aromatic heterocycles. The molecule has 1 atom stereocenters. The van der Waals surface area contributed by atoms with Gasteiger partial charge in [0.05, 0.1) is 12.7 Å². The fourth-order valence-electron chi connectivity index (χ4n) is 2.02. The molecule has 1 aliphatic heterocycles. The average molecular weight is 256 g/mol. The van der Waals surface area contributed by atoms with E-state index in [0.29, 0.717) is 13.1 Å². The van der Waals surface area contributed by atoms with E-state index in [0.717, 1.165) is 31.3 Å². The van der Waals surface area contributed by atoms with Crippen molar-refractivity contribution in [1.82, 2.24) is 10.2 Å². The van der Waals surface area contributed by atoms with E-state index in [4.69, 9.17) is 4.74 Å². The van der Waals surface area contributed by atoms with Crippen LogP contribution in [0.4, 0.5) is 8.78 Å². The maximum absolute atomic E-state index is 13.0. The van der Waals surface area contributed by atoms with Gasteiger partial charge in [-0.05, 0) is 24.7 Å². The maximum atomic E-state index is 13.0. The molecular formula is C13H18F2N2O. The van der Waals surface area contributed by atoms with Crippen molar-refractivity contribution in [1.29, 1.82) is 0 Å². The van der Waals surface area contributed by atoms with E-state index in [2.05, 4.69) is 17.3 Å². The minimum atomic E-state index is -0.809. The fourth-order valence-corrected chi connectivity index (χ4v) is 2.02. The summed E-state index contributed by atoms with van der Waals surface area (Å²) >= 11 is 0. The Morgan fingerprint density at radius 1 is 1.39 bits per heavy atom. The first-order valence-corrected chi connectivity index (χ1v) is 6.10. The standard InChI is InChI=1S/C13H18F2N2O/c1-17-4-5-18-11(9-17)8-16-7-10-2-3-12(14)13(15)6-10/h2-3,6,11,16H,4-5,7-9H2,1H3. The van der Waals surface area contributed by atoms with Gasteiger partial charge in [0.1, 0.15) is 0 Å². The second kappa shape index (κ2) is 6.22. The number of hydrogen-bond acceptors (Lipinski definition) is 3. The van der Waals surface area contributed by atoms with Crippen molar-refractivity contribution in [3.05, 3.63) is 35.4 Å². The first-order chi connectivity index (χ1) is 8.65. The lowest BCUT2D eigenvalue weighted by molar-refractivity contribution is -0.0182. The zero-order valence-electron chi connectivity index (χ0n) is 10.5. The Labute approximate surface area is 106 Å². The SMILES string of the molecule is CN1CCOC(CNCc2ccc(F)c(F)c2)C1. The third kappa shape index (κ3) is 3.73. The van der Waals surface area contributed by atoms with Gasteiger partial charge in [0, 0.05) is 26.2 Å². The Balaban J connectivity index is 1.76. The highest BCUT2D eigenvalue weighted by atomic mass is 19.2. The van der Waals surface area contributed by atoms with Gasteiger partial charge in [0.25, 0.3) is 0 Å². The highest BCUT2D eigenvalue weighted by Gasteiger charge is 2.16. The lowest BCUT2D eigenvalue weighted by Crippen LogP contribution is -2.44. The van der Waals surface area contributed by atoms with Crippen molar-refractivity contribution in [2.75, 3.05) is 33.3 Å². The van der Waals surface area contributed by atoms with E-state index in [-0.39, 0.29) is 6.10 Å². The molecule has 1 heterocycles. The van der Waals surface area contributed by atoms with E-state index >= 15 is 0 Å². The molecule has 0 saturated carbocycles. The summed E-state index contributed by atoms with van der Waals surface area (Å²) in [6, 6.07) is 3.95. The molecule has 0 amide bonds. The van der Waals surface area contributed by atoms with Crippen LogP contribution in [-0.4, -0.2) is 44.3 Å². The highest BCUT2D eigenvalue weighted by molar-refractivity contribution is 5.17. The smallest absolute Gasteiger partial charge is 0.159 e. The Morgan fingerprint density at radius 2 is 2.22 bits per heavy atom. The number of nitrogens with one attached hydrogen (secondary N) is 1. The van der Waals surface area contributed by atoms with Gasteiger partial charge in [0.15, 0.2) is 11.6 Å². The normalized spacial score (nSPS) is 21.2. The summed E-state index contributed by atoms with van der Waals surface area (Å²) in [6.45, 7) is 3.82. The Kier molecular flexibility index (Phi) is 4.63. The Hall–Kier alpha value is -1.04. The molecule has 0 spiro atoms. The van der Waals surface area contributed by atoms with Gasteiger partial charge >= 0.3 is 0 Å². The summed E-state index contributed by atoms with van der Waals surface area (Å²) in [4.78, 5) is 2.22. The minimum Gasteiger partial charge on any atom is -0.374 e. The van der Waals surface area contributed by atoms with E-state index in [1.165, 1.54) is 6.07 Å². The van der Waals surface area contributed by atoms with Crippen molar-refractivity contribution in [2.24, 2.45) is 0 Å². The van der Waals surface area contributed by atoms with E-state index in [1.54, 1.807) is 6.07 Å². The van der Waals surface area contributed by atoms with Crippen molar-refractivity contribution in [3.63, 3.8) is 0 Å². The van der Waals surface area contributed by atoms with Crippen molar-refractivity contribution in [2.45, 2.75) is 12.6 Å². The summed E-state index contributed by atoms with van der Waals surface area (Å²) in [6.07, 6.45) is 0.161. The largest absolute Gasteiger partial charge is 0.374 e. The van der Waals surface area contributed by atoms with Gasteiger partial charge in [-0.15, -0.1) is 0 Å². The van der Waals surface area contributed by atoms with Crippen LogP contribution in [0.25, 0.3) is 0 Å². The lowest BCUT2D eigenvalue weighted by atomic mass is 10.2. The van der Waals surface area contributed by atoms with Crippen LogP contribution in [0.2, 0.25) is 0 Å². The van der Waals surface area contributed by atoms with Crippen molar-refractivity contribution < 1.29 is 13.5 Å². The second-order valence-electron chi connectivity index (χ2n) is 4.63. The van der Waals surface area contributed by atoms with Crippen LogP contribution >= 0.6 is 0 Å². The molecule has 18 heavy (non-hydrogen) atoms. The summed E-state index contributed by atoms with van der Waals surface area (Å²) in [5.41, 5.74) is 0.734. The number of likely N-dealkylation sites (N-methyl/N-ethyl adjacent to an activating group) is 1. The zero-order valence-corrected chi connectivity index (χ0v) is 10.5. The average Bonchev–Trinajstić information content (AvgIpc) is 2.34. The number of hydrogen-bond donors (Lipinski definition) is 1. The number of morpholine rings is 1. The monoisotopic (exact) mass is 256 g/mol. The van der Waals surface area contributed by atoms with Gasteiger partial charge in [-0.25, -0.2) is 8.78 Å². The molecule has 100 valence electrons. The third-order valence-electron chi connectivity index (χ3n) is 3.03. The molecule has 5 heteroatoms. The van der Waals surface area contributed by atoms with Gasteiger partial charge in [-0.3, -0.25) is 0 Å². The molecule has 0 radical (unpaired) electrons. The Morgan fingerprint density at radius 3 is 2.94 bits per heavy atom. The molecule has 2 rings (SSSR count). The van der Waals surface area contributed by atoms with Crippen LogP contribution in [0, 0.1) is 11.6 Å². The summed E-state index contributed by atoms with van der Waals surface area (Å²) in [7, 11) is 2.06. The van der Waals surface area contributed by atoms with Crippen LogP contribution in [0.1, 0.15) is 5.56 Å². The van der Waals surface area contributed by atoms with E-state index < -0.39 is 11.6 Å². The third-order valence-corrected chi connectivity index (χ3v) is 3.03. The zero-order chi connectivity index (χ0) is 13.0. The molecular weight excluding hydrogens is 238 g/mol. The molecule has 0 aliphatic carbocycles. The topological polar surface area (TPSA) is 24.5 Å². The number of halogens is 2. The van der Waals surface area contributed by atoms with Crippen LogP contribution in [-0.2, 0) is 11.3 Å². The van der Waals surface area contributed by atoms with E-state index in [9.17, 15) is 8.78 Å². The van der Waals surface area contributed by atoms with Crippen LogP contribution in [0.15, 0.2) is 18.2 Å². The predicted octanol–water partition coefficient (Wildman–Crippen LogP) is 1.38. The molecule has 1 aromatic carbocycles. The van der Waals surface area contributed by atoms with Gasteiger partial charge in [-0.2, -0.15) is 0 Å². The molecule has 1 aliphatic rings. The first-order valence-electron chi connectivity index (χ1n) is 6.10. The molecule has 3 nitrogen and oxygen atoms in total. The molecule has 1 aromatic rings. The maximum Gasteiger partial charge on any atom is 0.159 e. The van der Waals surface area contributed by atoms with Gasteiger partial charge < -0.3 is 15.0 Å². The van der Waals surface area contributed by atoms with Crippen LogP contribution < -0.4 is 5.32 Å². The number of ether oxygens (including phenoxy) is 1. The van der Waals surface area contributed by atoms with Crippen LogP contribution in [0.5, 0.6) is 0 Å². The van der Waals surface area contributed by atoms with Crippen molar-refractivity contribution >= 4 is 0 Å². The summed E-state index contributed by atoms with van der Waals surface area (Å²) in [5.74, 6) is -1.61. The first kappa shape index (κ1) is 13.4. The number of rotatable bonds is 4. The highest BCUT2D eigenvalue weighted by Crippen LogP contribution is 2.08. The number of nitrogens with zero attached hydrogens (tertiary/aromatic N) is 1. The van der Waals surface area contributed by atoms with E-state index in [1.807, 2.05) is 0 Å². The molecule has 1 N–H and O–H groups in total. The van der Waals surface area contributed by atoms with Crippen LogP contribution in [0.3, 0.4) is 0 Å². The lowest BCUT2D eigenvalue weighted by Gasteiger charge is -2.30. The van der Waals surface area contributed by atoms with Gasteiger partial charge in [-0.1, -0.05) is 6.07 Å². The minimum absolute atomic E-state index is 0.161. The molecule has 1 fully saturated rings. The molecule has 1 saturated heterocycles. The Bertz CT molecular complexity index is 401. The second-order valence-corrected chi connectivity index (χ2v) is 4.63. The molecule has 1 unspecified atom stereocenters. The molecule has 0 bridgehead atoms. The predicted molar refractivity (Wildman–Crippen MR) is 65.3 cm³/mol. The summed E-state index contributed by atoms with van der Waals surface area (Å²) in [5, 5.41) is 3.20.